The lowest BCUT2D eigenvalue weighted by Crippen LogP contribution is -2.14. The molecule has 0 fully saturated rings. The normalized spacial score (nSPS) is 14.2. The van der Waals surface area contributed by atoms with Gasteiger partial charge < -0.3 is 8.98 Å². The summed E-state index contributed by atoms with van der Waals surface area (Å²) in [5.41, 5.74) is 11.0. The van der Waals surface area contributed by atoms with Gasteiger partial charge in [0.15, 0.2) is 0 Å². The van der Waals surface area contributed by atoms with Gasteiger partial charge in [-0.15, -0.1) is 0 Å². The van der Waals surface area contributed by atoms with E-state index >= 15 is 0 Å². The van der Waals surface area contributed by atoms with Gasteiger partial charge in [-0.25, -0.2) is 0 Å². The SMILES string of the molecule is CC1(C)c2ccccc2-c2c(-n3c4ccccc4c4cc5oc6ccccc6c5cc43)cccc21. The Morgan fingerprint density at radius 1 is 0.571 bits per heavy atom. The van der Waals surface area contributed by atoms with Crippen LogP contribution in [0.5, 0.6) is 0 Å². The van der Waals surface area contributed by atoms with Crippen molar-refractivity contribution < 1.29 is 4.42 Å². The Balaban J connectivity index is 1.56. The number of benzene rings is 5. The van der Waals surface area contributed by atoms with Crippen molar-refractivity contribution in [3.63, 3.8) is 0 Å². The summed E-state index contributed by atoms with van der Waals surface area (Å²) in [5.74, 6) is 0. The van der Waals surface area contributed by atoms with Crippen LogP contribution >= 0.6 is 0 Å². The van der Waals surface area contributed by atoms with E-state index in [9.17, 15) is 0 Å². The Labute approximate surface area is 203 Å². The minimum atomic E-state index is -0.0330. The standard InChI is InChI=1S/C33H23NO/c1-33(2)25-13-6-3-12-22(25)32-26(33)14-9-16-28(32)34-27-15-7-4-10-20(27)23-19-31-24(18-29(23)34)21-11-5-8-17-30(21)35-31/h3-19H,1-2H3. The summed E-state index contributed by atoms with van der Waals surface area (Å²) in [6, 6.07) is 37.3. The Bertz CT molecular complexity index is 1980. The summed E-state index contributed by atoms with van der Waals surface area (Å²) in [7, 11) is 0. The van der Waals surface area contributed by atoms with Gasteiger partial charge in [-0.2, -0.15) is 0 Å². The fourth-order valence-corrected chi connectivity index (χ4v) is 6.37. The summed E-state index contributed by atoms with van der Waals surface area (Å²) >= 11 is 0. The molecule has 0 bridgehead atoms. The maximum Gasteiger partial charge on any atom is 0.136 e. The van der Waals surface area contributed by atoms with Gasteiger partial charge in [0.2, 0.25) is 0 Å². The molecule has 1 aliphatic carbocycles. The van der Waals surface area contributed by atoms with Gasteiger partial charge in [-0.05, 0) is 47.0 Å². The van der Waals surface area contributed by atoms with Gasteiger partial charge >= 0.3 is 0 Å². The Kier molecular flexibility index (Phi) is 3.50. The van der Waals surface area contributed by atoms with Gasteiger partial charge in [0.05, 0.1) is 16.7 Å². The summed E-state index contributed by atoms with van der Waals surface area (Å²) in [6.45, 7) is 4.68. The van der Waals surface area contributed by atoms with Crippen molar-refractivity contribution in [2.45, 2.75) is 19.3 Å². The number of hydrogen-bond donors (Lipinski definition) is 0. The monoisotopic (exact) mass is 449 g/mol. The highest BCUT2D eigenvalue weighted by Crippen LogP contribution is 2.51. The molecule has 2 heterocycles. The van der Waals surface area contributed by atoms with Gasteiger partial charge in [-0.3, -0.25) is 0 Å². The van der Waals surface area contributed by atoms with Gasteiger partial charge in [0.25, 0.3) is 0 Å². The van der Waals surface area contributed by atoms with E-state index in [0.29, 0.717) is 0 Å². The van der Waals surface area contributed by atoms with Gasteiger partial charge in [-0.1, -0.05) is 86.6 Å². The van der Waals surface area contributed by atoms with Gasteiger partial charge in [0, 0.05) is 32.5 Å². The maximum absolute atomic E-state index is 6.26. The fraction of sp³-hybridized carbons (Fsp3) is 0.0909. The fourth-order valence-electron chi connectivity index (χ4n) is 6.37. The van der Waals surface area contributed by atoms with E-state index in [1.54, 1.807) is 0 Å². The molecular weight excluding hydrogens is 426 g/mol. The lowest BCUT2D eigenvalue weighted by Gasteiger charge is -2.21. The molecule has 5 aromatic carbocycles. The lowest BCUT2D eigenvalue weighted by molar-refractivity contribution is 0.660. The maximum atomic E-state index is 6.26. The van der Waals surface area contributed by atoms with E-state index in [4.69, 9.17) is 4.42 Å². The molecule has 0 aliphatic heterocycles. The summed E-state index contributed by atoms with van der Waals surface area (Å²) in [4.78, 5) is 0. The summed E-state index contributed by atoms with van der Waals surface area (Å²) in [6.07, 6.45) is 0. The third-order valence-corrected chi connectivity index (χ3v) is 8.00. The third-order valence-electron chi connectivity index (χ3n) is 8.00. The molecule has 7 aromatic rings. The van der Waals surface area contributed by atoms with Crippen LogP contribution in [-0.2, 0) is 5.41 Å². The van der Waals surface area contributed by atoms with Gasteiger partial charge in [0.1, 0.15) is 11.2 Å². The summed E-state index contributed by atoms with van der Waals surface area (Å²) in [5, 5.41) is 4.78. The molecule has 0 N–H and O–H groups in total. The molecule has 0 spiro atoms. The van der Waals surface area contributed by atoms with Crippen molar-refractivity contribution >= 4 is 43.7 Å². The lowest BCUT2D eigenvalue weighted by atomic mass is 9.82. The second kappa shape index (κ2) is 6.43. The first-order valence-electron chi connectivity index (χ1n) is 12.2. The predicted octanol–water partition coefficient (Wildman–Crippen LogP) is 8.99. The van der Waals surface area contributed by atoms with Crippen LogP contribution in [0, 0.1) is 0 Å². The second-order valence-corrected chi connectivity index (χ2v) is 10.2. The molecule has 0 saturated carbocycles. The zero-order valence-electron chi connectivity index (χ0n) is 19.7. The number of para-hydroxylation sites is 2. The molecule has 2 aromatic heterocycles. The Morgan fingerprint density at radius 2 is 1.31 bits per heavy atom. The van der Waals surface area contributed by atoms with Crippen LogP contribution in [-0.4, -0.2) is 4.57 Å². The van der Waals surface area contributed by atoms with E-state index in [1.165, 1.54) is 49.7 Å². The third kappa shape index (κ3) is 2.34. The average molecular weight is 450 g/mol. The highest BCUT2D eigenvalue weighted by Gasteiger charge is 2.37. The van der Waals surface area contributed by atoms with Crippen LogP contribution in [0.2, 0.25) is 0 Å². The zero-order chi connectivity index (χ0) is 23.3. The number of nitrogens with zero attached hydrogens (tertiary/aromatic N) is 1. The van der Waals surface area contributed by atoms with Crippen LogP contribution in [0.4, 0.5) is 0 Å². The van der Waals surface area contributed by atoms with Crippen LogP contribution in [0.25, 0.3) is 60.6 Å². The first-order chi connectivity index (χ1) is 17.1. The Hall–Kier alpha value is -4.30. The van der Waals surface area contributed by atoms with E-state index in [-0.39, 0.29) is 5.41 Å². The van der Waals surface area contributed by atoms with Crippen molar-refractivity contribution in [1.82, 2.24) is 4.57 Å². The quantitative estimate of drug-likeness (QED) is 0.244. The molecule has 0 radical (unpaired) electrons. The second-order valence-electron chi connectivity index (χ2n) is 10.2. The van der Waals surface area contributed by atoms with E-state index in [0.717, 1.165) is 21.9 Å². The average Bonchev–Trinajstić information content (AvgIpc) is 3.49. The van der Waals surface area contributed by atoms with Crippen molar-refractivity contribution in [1.29, 1.82) is 0 Å². The molecular formula is C33H23NO. The summed E-state index contributed by atoms with van der Waals surface area (Å²) < 4.78 is 8.72. The Morgan fingerprint density at radius 3 is 2.23 bits per heavy atom. The molecule has 2 heteroatoms. The number of aromatic nitrogens is 1. The minimum absolute atomic E-state index is 0.0330. The largest absolute Gasteiger partial charge is 0.456 e. The highest BCUT2D eigenvalue weighted by molar-refractivity contribution is 6.17. The topological polar surface area (TPSA) is 18.1 Å². The highest BCUT2D eigenvalue weighted by atomic mass is 16.3. The molecule has 8 rings (SSSR count). The first kappa shape index (κ1) is 19.1. The number of hydrogen-bond acceptors (Lipinski definition) is 1. The van der Waals surface area contributed by atoms with Crippen LogP contribution in [0.3, 0.4) is 0 Å². The molecule has 0 unspecified atom stereocenters. The van der Waals surface area contributed by atoms with Crippen LogP contribution in [0.1, 0.15) is 25.0 Å². The van der Waals surface area contributed by atoms with Crippen molar-refractivity contribution in [2.24, 2.45) is 0 Å². The number of fused-ring (bicyclic) bond motifs is 9. The minimum Gasteiger partial charge on any atom is -0.456 e. The van der Waals surface area contributed by atoms with E-state index in [2.05, 4.69) is 115 Å². The molecule has 2 nitrogen and oxygen atoms in total. The molecule has 166 valence electrons. The smallest absolute Gasteiger partial charge is 0.136 e. The van der Waals surface area contributed by atoms with Crippen LogP contribution < -0.4 is 0 Å². The molecule has 1 aliphatic rings. The van der Waals surface area contributed by atoms with Crippen molar-refractivity contribution in [3.05, 3.63) is 114 Å². The van der Waals surface area contributed by atoms with E-state index in [1.807, 2.05) is 6.07 Å². The molecule has 0 amide bonds. The first-order valence-corrected chi connectivity index (χ1v) is 12.2. The number of rotatable bonds is 1. The molecule has 0 saturated heterocycles. The number of furan rings is 1. The predicted molar refractivity (Wildman–Crippen MR) is 146 cm³/mol. The van der Waals surface area contributed by atoms with Crippen molar-refractivity contribution in [3.8, 4) is 16.8 Å². The van der Waals surface area contributed by atoms with Crippen molar-refractivity contribution in [2.75, 3.05) is 0 Å². The van der Waals surface area contributed by atoms with E-state index < -0.39 is 0 Å². The molecule has 0 atom stereocenters. The molecule has 35 heavy (non-hydrogen) atoms. The zero-order valence-corrected chi connectivity index (χ0v) is 19.7. The van der Waals surface area contributed by atoms with Crippen LogP contribution in [0.15, 0.2) is 108 Å².